The molecule has 1 fully saturated rings. The minimum absolute atomic E-state index is 0.525. The van der Waals surface area contributed by atoms with Crippen LogP contribution in [-0.2, 0) is 4.74 Å². The van der Waals surface area contributed by atoms with Crippen LogP contribution in [0.25, 0.3) is 32.0 Å². The Morgan fingerprint density at radius 3 is 2.59 bits per heavy atom. The van der Waals surface area contributed by atoms with Crippen molar-refractivity contribution in [2.75, 3.05) is 31.2 Å². The van der Waals surface area contributed by atoms with Gasteiger partial charge >= 0.3 is 0 Å². The first-order chi connectivity index (χ1) is 14.3. The van der Waals surface area contributed by atoms with Crippen LogP contribution >= 0.6 is 11.3 Å². The van der Waals surface area contributed by atoms with Crippen LogP contribution in [0.15, 0.2) is 36.7 Å². The molecule has 8 heteroatoms. The Balaban J connectivity index is 0.000000994. The number of thiophene rings is 1. The van der Waals surface area contributed by atoms with Crippen molar-refractivity contribution in [1.29, 1.82) is 0 Å². The Hall–Kier alpha value is -2.97. The number of morpholine rings is 1. The molecule has 0 unspecified atom stereocenters. The maximum absolute atomic E-state index is 11.5. The van der Waals surface area contributed by atoms with Crippen LogP contribution in [0, 0.1) is 0 Å². The highest BCUT2D eigenvalue weighted by Gasteiger charge is 2.22. The van der Waals surface area contributed by atoms with E-state index in [0.717, 1.165) is 45.8 Å². The molecule has 0 saturated carbocycles. The lowest BCUT2D eigenvalue weighted by atomic mass is 10.1. The summed E-state index contributed by atoms with van der Waals surface area (Å²) < 4.78 is 6.45. The molecule has 0 amide bonds. The molecule has 0 N–H and O–H groups in total. The van der Waals surface area contributed by atoms with Gasteiger partial charge in [-0.2, -0.15) is 0 Å². The highest BCUT2D eigenvalue weighted by molar-refractivity contribution is 7.25. The normalized spacial score (nSPS) is 13.9. The van der Waals surface area contributed by atoms with Gasteiger partial charge in [-0.25, -0.2) is 19.9 Å². The van der Waals surface area contributed by atoms with E-state index in [1.807, 2.05) is 32.0 Å². The molecule has 1 aromatic carbocycles. The summed E-state index contributed by atoms with van der Waals surface area (Å²) in [5, 5.41) is 0. The number of anilines is 1. The zero-order valence-corrected chi connectivity index (χ0v) is 17.1. The molecule has 4 aromatic rings. The topological polar surface area (TPSA) is 81.1 Å². The smallest absolute Gasteiger partial charge is 0.163 e. The van der Waals surface area contributed by atoms with Crippen LogP contribution in [0.1, 0.15) is 24.2 Å². The van der Waals surface area contributed by atoms with E-state index in [2.05, 4.69) is 14.9 Å². The van der Waals surface area contributed by atoms with E-state index >= 15 is 0 Å². The third kappa shape index (κ3) is 3.56. The second-order valence-electron chi connectivity index (χ2n) is 6.17. The molecule has 0 aliphatic carbocycles. The highest BCUT2D eigenvalue weighted by atomic mass is 32.1. The van der Waals surface area contributed by atoms with Crippen molar-refractivity contribution in [3.8, 4) is 11.4 Å². The van der Waals surface area contributed by atoms with Crippen molar-refractivity contribution in [2.24, 2.45) is 0 Å². The first kappa shape index (κ1) is 19.4. The summed E-state index contributed by atoms with van der Waals surface area (Å²) in [4.78, 5) is 33.1. The molecule has 1 aliphatic heterocycles. The number of aldehydes is 1. The zero-order chi connectivity index (χ0) is 20.2. The van der Waals surface area contributed by atoms with Crippen LogP contribution in [0.2, 0.25) is 0 Å². The predicted molar refractivity (Wildman–Crippen MR) is 116 cm³/mol. The Kier molecular flexibility index (Phi) is 5.73. The van der Waals surface area contributed by atoms with Crippen molar-refractivity contribution in [3.05, 3.63) is 42.2 Å². The third-order valence-corrected chi connectivity index (χ3v) is 5.65. The number of aromatic nitrogens is 4. The molecule has 0 radical (unpaired) electrons. The van der Waals surface area contributed by atoms with Gasteiger partial charge in [0.05, 0.1) is 17.9 Å². The van der Waals surface area contributed by atoms with E-state index in [9.17, 15) is 4.79 Å². The molecule has 0 atom stereocenters. The second-order valence-corrected chi connectivity index (χ2v) is 7.16. The lowest BCUT2D eigenvalue weighted by Crippen LogP contribution is -2.36. The van der Waals surface area contributed by atoms with Crippen LogP contribution in [0.5, 0.6) is 0 Å². The van der Waals surface area contributed by atoms with Crippen LogP contribution in [0.4, 0.5) is 5.82 Å². The fourth-order valence-electron chi connectivity index (χ4n) is 3.27. The molecule has 0 spiro atoms. The van der Waals surface area contributed by atoms with Crippen molar-refractivity contribution in [2.45, 2.75) is 13.8 Å². The van der Waals surface area contributed by atoms with E-state index < -0.39 is 0 Å². The average Bonchev–Trinajstić information content (AvgIpc) is 3.19. The first-order valence-corrected chi connectivity index (χ1v) is 10.5. The molecule has 5 rings (SSSR count). The van der Waals surface area contributed by atoms with Crippen LogP contribution in [0.3, 0.4) is 0 Å². The number of nitrogens with zero attached hydrogens (tertiary/aromatic N) is 5. The number of rotatable bonds is 3. The largest absolute Gasteiger partial charge is 0.378 e. The molecule has 0 bridgehead atoms. The quantitative estimate of drug-likeness (QED) is 0.475. The van der Waals surface area contributed by atoms with Crippen molar-refractivity contribution in [1.82, 2.24) is 19.9 Å². The Morgan fingerprint density at radius 2 is 1.79 bits per heavy atom. The van der Waals surface area contributed by atoms with Gasteiger partial charge in [-0.05, 0) is 0 Å². The van der Waals surface area contributed by atoms with Gasteiger partial charge in [0.2, 0.25) is 0 Å². The number of benzene rings is 1. The minimum Gasteiger partial charge on any atom is -0.378 e. The summed E-state index contributed by atoms with van der Waals surface area (Å²) in [6, 6.07) is 7.36. The molecule has 3 aromatic heterocycles. The first-order valence-electron chi connectivity index (χ1n) is 9.63. The summed E-state index contributed by atoms with van der Waals surface area (Å²) in [6.07, 6.45) is 4.19. The number of carbonyl (C=O) groups is 1. The molecule has 4 heterocycles. The van der Waals surface area contributed by atoms with E-state index in [4.69, 9.17) is 14.7 Å². The van der Waals surface area contributed by atoms with E-state index in [1.54, 1.807) is 29.8 Å². The van der Waals surface area contributed by atoms with Crippen molar-refractivity contribution < 1.29 is 9.53 Å². The summed E-state index contributed by atoms with van der Waals surface area (Å²) in [6.45, 7) is 6.84. The number of carbonyl (C=O) groups excluding carboxylic acids is 1. The van der Waals surface area contributed by atoms with Gasteiger partial charge in [-0.15, -0.1) is 11.3 Å². The van der Waals surface area contributed by atoms with E-state index in [-0.39, 0.29) is 0 Å². The molecule has 1 saturated heterocycles. The summed E-state index contributed by atoms with van der Waals surface area (Å²) in [5.41, 5.74) is 2.82. The van der Waals surface area contributed by atoms with Crippen LogP contribution in [-0.4, -0.2) is 52.5 Å². The van der Waals surface area contributed by atoms with E-state index in [1.165, 1.54) is 0 Å². The van der Waals surface area contributed by atoms with Crippen LogP contribution < -0.4 is 4.90 Å². The zero-order valence-electron chi connectivity index (χ0n) is 16.3. The number of ether oxygens (including phenoxy) is 1. The third-order valence-electron chi connectivity index (χ3n) is 4.57. The van der Waals surface area contributed by atoms with Gasteiger partial charge in [0.1, 0.15) is 15.9 Å². The van der Waals surface area contributed by atoms with Crippen molar-refractivity contribution >= 4 is 44.0 Å². The standard InChI is InChI=1S/C19H15N5O2S.C2H6/c25-11-12-3-1-2-4-13(12)17-22-14-15-19(21-6-5-20-15)27-16(14)18(23-17)24-7-9-26-10-8-24;1-2/h1-6,11H,7-10H2;1-2H3. The number of hydrogen-bond acceptors (Lipinski definition) is 8. The molecule has 7 nitrogen and oxygen atoms in total. The lowest BCUT2D eigenvalue weighted by Gasteiger charge is -2.28. The summed E-state index contributed by atoms with van der Waals surface area (Å²) in [7, 11) is 0. The Labute approximate surface area is 172 Å². The fraction of sp³-hybridized carbons (Fsp3) is 0.286. The van der Waals surface area contributed by atoms with Gasteiger partial charge in [0, 0.05) is 36.6 Å². The molecule has 1 aliphatic rings. The monoisotopic (exact) mass is 407 g/mol. The van der Waals surface area contributed by atoms with Gasteiger partial charge < -0.3 is 9.64 Å². The van der Waals surface area contributed by atoms with Gasteiger partial charge in [0.25, 0.3) is 0 Å². The highest BCUT2D eigenvalue weighted by Crippen LogP contribution is 2.37. The Bertz CT molecular complexity index is 1150. The molecule has 29 heavy (non-hydrogen) atoms. The number of fused-ring (bicyclic) bond motifs is 3. The lowest BCUT2D eigenvalue weighted by molar-refractivity contribution is 0.112. The van der Waals surface area contributed by atoms with Gasteiger partial charge in [-0.1, -0.05) is 38.1 Å². The SMILES string of the molecule is CC.O=Cc1ccccc1-c1nc(N2CCOCC2)c2sc3nccnc3c2n1. The minimum atomic E-state index is 0.525. The molecular formula is C21H21N5O2S. The summed E-state index contributed by atoms with van der Waals surface area (Å²) >= 11 is 1.55. The fourth-order valence-corrected chi connectivity index (χ4v) is 4.32. The maximum atomic E-state index is 11.5. The van der Waals surface area contributed by atoms with Gasteiger partial charge in [-0.3, -0.25) is 4.79 Å². The maximum Gasteiger partial charge on any atom is 0.163 e. The predicted octanol–water partition coefficient (Wildman–Crippen LogP) is 3.98. The second kappa shape index (κ2) is 8.59. The summed E-state index contributed by atoms with van der Waals surface area (Å²) in [5.74, 6) is 1.38. The average molecular weight is 407 g/mol. The van der Waals surface area contributed by atoms with E-state index in [0.29, 0.717) is 30.2 Å². The molecule has 148 valence electrons. The number of hydrogen-bond donors (Lipinski definition) is 0. The molecular weight excluding hydrogens is 386 g/mol. The Morgan fingerprint density at radius 1 is 1.03 bits per heavy atom. The van der Waals surface area contributed by atoms with Gasteiger partial charge in [0.15, 0.2) is 17.9 Å². The van der Waals surface area contributed by atoms with Crippen molar-refractivity contribution in [3.63, 3.8) is 0 Å².